The molecule has 0 N–H and O–H groups in total. The highest BCUT2D eigenvalue weighted by Gasteiger charge is 2.41. The van der Waals surface area contributed by atoms with E-state index in [4.69, 9.17) is 34.6 Å². The van der Waals surface area contributed by atoms with Crippen LogP contribution in [0.1, 0.15) is 41.1 Å². The Bertz CT molecular complexity index is 4540. The first-order chi connectivity index (χ1) is 40.7. The van der Waals surface area contributed by atoms with Crippen molar-refractivity contribution >= 4 is 72.4 Å². The Kier molecular flexibility index (Phi) is 3.45. The molecule has 0 saturated carbocycles. The molecule has 0 amide bonds. The van der Waals surface area contributed by atoms with Crippen LogP contribution >= 0.6 is 0 Å². The van der Waals surface area contributed by atoms with Crippen LogP contribution < -0.4 is 20.7 Å². The zero-order chi connectivity index (χ0) is 63.9. The van der Waals surface area contributed by atoms with Gasteiger partial charge in [0, 0.05) is 33.2 Å². The van der Waals surface area contributed by atoms with Crippen LogP contribution in [0.4, 0.5) is 0 Å². The van der Waals surface area contributed by atoms with Gasteiger partial charge in [-0.15, -0.1) is 0 Å². The van der Waals surface area contributed by atoms with E-state index >= 15 is 0 Å². The zero-order valence-electron chi connectivity index (χ0n) is 58.8. The Balaban J connectivity index is 1.46. The van der Waals surface area contributed by atoms with Crippen LogP contribution in [0.3, 0.4) is 0 Å². The molecular weight excluding hydrogens is 709 g/mol. The molecule has 0 saturated heterocycles. The maximum atomic E-state index is 10.5. The number of nitrogens with zero attached hydrogens (tertiary/aromatic N) is 4. The average Bonchev–Trinajstić information content (AvgIpc) is 1.52. The van der Waals surface area contributed by atoms with E-state index in [1.54, 1.807) is 0 Å². The summed E-state index contributed by atoms with van der Waals surface area (Å²) in [4.78, 5) is 9.47. The molecule has 4 nitrogen and oxygen atoms in total. The summed E-state index contributed by atoms with van der Waals surface area (Å²) in [5, 5.41) is -4.65. The van der Waals surface area contributed by atoms with Crippen LogP contribution in [0.15, 0.2) is 218 Å². The third-order valence-electron chi connectivity index (χ3n) is 9.41. The van der Waals surface area contributed by atoms with Gasteiger partial charge in [-0.25, -0.2) is 4.98 Å². The van der Waals surface area contributed by atoms with Crippen molar-refractivity contribution in [1.29, 1.82) is 0 Å². The van der Waals surface area contributed by atoms with E-state index in [0.717, 1.165) is 15.2 Å². The Morgan fingerprint density at radius 2 is 0.860 bits per heavy atom. The predicted octanol–water partition coefficient (Wildman–Crippen LogP) is 9.72. The van der Waals surface area contributed by atoms with E-state index in [1.807, 2.05) is 0 Å². The third-order valence-corrected chi connectivity index (χ3v) is 13.6. The molecule has 0 atom stereocenters. The molecule has 3 aromatic heterocycles. The number of fused-ring (bicyclic) bond motifs is 6. The first-order valence-electron chi connectivity index (χ1n) is 32.0. The van der Waals surface area contributed by atoms with Gasteiger partial charge in [0.15, 0.2) is 8.07 Å². The topological polar surface area (TPSA) is 35.6 Å². The number of hydrogen-bond donors (Lipinski definition) is 0. The van der Waals surface area contributed by atoms with Gasteiger partial charge in [0.25, 0.3) is 0 Å². The molecule has 0 unspecified atom stereocenters. The fourth-order valence-corrected chi connectivity index (χ4v) is 10.9. The van der Waals surface area contributed by atoms with E-state index in [2.05, 4.69) is 0 Å². The largest absolute Gasteiger partial charge is 0.294 e. The number of hydrogen-bond acceptors (Lipinski definition) is 2. The first kappa shape index (κ1) is 14.6. The standard InChI is InChI=1S/C52H36N4Si/c1-4-20-38(21-5-1)57(39-22-6-2-7-23-39,40-24-8-3-9-25-40)41-26-18-19-37(35-41)46-36-51(55-47-31-14-10-27-42(47)43-28-11-15-32-48(43)55)54-52(53-46)56-49-33-16-12-29-44(49)45-30-13-17-34-50(45)56/h1-36H/i1D,2D,4D,5D,6D,7D,10D,11D,12D,13D,14D,15D,16D,17D,18D,19D,20D,21D,22D,23D,26D,27D,28D,29D,30D,31D,32D,33D,34D,35D. The lowest BCUT2D eigenvalue weighted by Gasteiger charge is -2.34. The molecule has 3 heterocycles. The maximum absolute atomic E-state index is 10.5. The normalized spacial score (nSPS) is 19.2. The molecular formula is C52H36N4Si. The number of rotatable bonds is 7. The van der Waals surface area contributed by atoms with E-state index in [1.165, 1.54) is 30.3 Å². The van der Waals surface area contributed by atoms with Crippen molar-refractivity contribution in [3.63, 3.8) is 0 Å². The van der Waals surface area contributed by atoms with E-state index < -0.39 is 272 Å². The lowest BCUT2D eigenvalue weighted by Crippen LogP contribution is -2.74. The minimum Gasteiger partial charge on any atom is -0.294 e. The monoisotopic (exact) mass is 774 g/mol. The van der Waals surface area contributed by atoms with Crippen LogP contribution in [0.25, 0.3) is 66.6 Å². The number of aromatic nitrogens is 4. The summed E-state index contributed by atoms with van der Waals surface area (Å²) in [6, 6.07) is -20.7. The van der Waals surface area contributed by atoms with Crippen molar-refractivity contribution in [2.75, 3.05) is 0 Å². The van der Waals surface area contributed by atoms with Gasteiger partial charge >= 0.3 is 0 Å². The van der Waals surface area contributed by atoms with Crippen molar-refractivity contribution in [2.24, 2.45) is 0 Å². The maximum Gasteiger partial charge on any atom is 0.237 e. The minimum atomic E-state index is -5.70. The summed E-state index contributed by atoms with van der Waals surface area (Å²) >= 11 is 0. The first-order valence-corrected chi connectivity index (χ1v) is 19.0. The summed E-state index contributed by atoms with van der Waals surface area (Å²) < 4.78 is 277. The summed E-state index contributed by atoms with van der Waals surface area (Å²) in [6.45, 7) is 0. The molecule has 0 radical (unpaired) electrons. The molecule has 11 rings (SSSR count). The van der Waals surface area contributed by atoms with Crippen molar-refractivity contribution in [2.45, 2.75) is 0 Å². The molecule has 57 heavy (non-hydrogen) atoms. The highest BCUT2D eigenvalue weighted by molar-refractivity contribution is 7.19. The van der Waals surface area contributed by atoms with Crippen molar-refractivity contribution in [1.82, 2.24) is 19.1 Å². The minimum absolute atomic E-state index is 0.196. The molecule has 268 valence electrons. The Hall–Kier alpha value is -7.34. The van der Waals surface area contributed by atoms with Gasteiger partial charge in [0.1, 0.15) is 5.82 Å². The van der Waals surface area contributed by atoms with Gasteiger partial charge in [-0.3, -0.25) is 9.13 Å². The van der Waals surface area contributed by atoms with Gasteiger partial charge in [-0.2, -0.15) is 4.98 Å². The molecule has 0 bridgehead atoms. The zero-order valence-corrected chi connectivity index (χ0v) is 29.8. The quantitative estimate of drug-likeness (QED) is 0.120. The number of para-hydroxylation sites is 4. The molecule has 0 fully saturated rings. The second-order valence-corrected chi connectivity index (χ2v) is 15.9. The van der Waals surface area contributed by atoms with Gasteiger partial charge in [-0.05, 0) is 44.9 Å². The predicted molar refractivity (Wildman–Crippen MR) is 240 cm³/mol. The fourth-order valence-electron chi connectivity index (χ4n) is 7.07. The summed E-state index contributed by atoms with van der Waals surface area (Å²) in [7, 11) is -5.70. The molecule has 0 aliphatic heterocycles. The van der Waals surface area contributed by atoms with Gasteiger partial charge in [0.05, 0.1) is 68.9 Å². The van der Waals surface area contributed by atoms with Gasteiger partial charge < -0.3 is 0 Å². The van der Waals surface area contributed by atoms with Crippen LogP contribution in [-0.4, -0.2) is 27.2 Å². The smallest absolute Gasteiger partial charge is 0.237 e. The Labute approximate surface area is 373 Å². The van der Waals surface area contributed by atoms with Crippen LogP contribution in [0.5, 0.6) is 0 Å². The van der Waals surface area contributed by atoms with Crippen LogP contribution in [0, 0.1) is 0 Å². The van der Waals surface area contributed by atoms with Gasteiger partial charge in [-0.1, -0.05) is 187 Å². The van der Waals surface area contributed by atoms with Crippen molar-refractivity contribution in [3.8, 4) is 23.0 Å². The molecule has 0 aliphatic carbocycles. The molecule has 0 aliphatic rings. The number of benzene rings is 8. The summed E-state index contributed by atoms with van der Waals surface area (Å²) in [5.74, 6) is -1.65. The summed E-state index contributed by atoms with van der Waals surface area (Å²) in [6.07, 6.45) is 0. The Morgan fingerprint density at radius 3 is 1.39 bits per heavy atom. The molecule has 8 aromatic carbocycles. The second kappa shape index (κ2) is 13.4. The molecule has 0 spiro atoms. The highest BCUT2D eigenvalue weighted by atomic mass is 28.3. The second-order valence-electron chi connectivity index (χ2n) is 12.3. The fraction of sp³-hybridized carbons (Fsp3) is 0. The van der Waals surface area contributed by atoms with Crippen LogP contribution in [0.2, 0.25) is 0 Å². The molecule has 11 aromatic rings. The van der Waals surface area contributed by atoms with E-state index in [9.17, 15) is 16.4 Å². The third kappa shape index (κ3) is 5.20. The average molecular weight is 775 g/mol. The van der Waals surface area contributed by atoms with Gasteiger partial charge in [0.2, 0.25) is 5.95 Å². The highest BCUT2D eigenvalue weighted by Crippen LogP contribution is 2.35. The van der Waals surface area contributed by atoms with E-state index in [-0.39, 0.29) is 5.19 Å². The Morgan fingerprint density at radius 1 is 0.404 bits per heavy atom. The lowest BCUT2D eigenvalue weighted by atomic mass is 10.1. The SMILES string of the molecule is [2H]c1c([2H])c([2H])c([Si](c2ccccc2)(c2c([2H])c([2H])c([2H])c([2H])c2[2H])c2c([2H])c([2H])c([2H])c(-c3cc(-n4c5c([2H])c([2H])c([2H])c([2H])c5c5c([2H])c([2H])c([2H])c([2H])c54)nc(-n4c5c([2H])c([2H])c([2H])c([2H])c5c5c([2H])c([2H])c([2H])c([2H])c54)n3)c2[2H])c([2H])c1[2H]. The lowest BCUT2D eigenvalue weighted by molar-refractivity contribution is 0.952. The molecule has 5 heteroatoms. The van der Waals surface area contributed by atoms with Crippen molar-refractivity contribution in [3.05, 3.63) is 218 Å². The summed E-state index contributed by atoms with van der Waals surface area (Å²) in [5.41, 5.74) is -4.14. The van der Waals surface area contributed by atoms with E-state index in [0.29, 0.717) is 0 Å². The van der Waals surface area contributed by atoms with Crippen LogP contribution in [-0.2, 0) is 0 Å². The van der Waals surface area contributed by atoms with Crippen molar-refractivity contribution < 1.29 is 41.1 Å².